The molecule has 0 amide bonds. The van der Waals surface area contributed by atoms with Gasteiger partial charge in [-0.2, -0.15) is 0 Å². The van der Waals surface area contributed by atoms with Crippen LogP contribution in [0.2, 0.25) is 0 Å². The number of nitrogens with zero attached hydrogens (tertiary/aromatic N) is 2. The highest BCUT2D eigenvalue weighted by Crippen LogP contribution is 2.16. The number of hydrogen-bond acceptors (Lipinski definition) is 3. The van der Waals surface area contributed by atoms with Crippen LogP contribution in [0, 0.1) is 13.8 Å². The molecule has 2 aromatic carbocycles. The van der Waals surface area contributed by atoms with Crippen molar-refractivity contribution >= 4 is 23.0 Å². The first-order chi connectivity index (χ1) is 13.6. The van der Waals surface area contributed by atoms with Crippen molar-refractivity contribution in [2.75, 3.05) is 44.7 Å². The molecule has 1 aliphatic heterocycles. The second kappa shape index (κ2) is 10.6. The van der Waals surface area contributed by atoms with Crippen LogP contribution in [0.1, 0.15) is 23.1 Å². The molecule has 1 N–H and O–H groups in total. The van der Waals surface area contributed by atoms with Crippen LogP contribution in [-0.4, -0.2) is 54.3 Å². The van der Waals surface area contributed by atoms with E-state index in [1.165, 1.54) is 16.7 Å². The van der Waals surface area contributed by atoms with Gasteiger partial charge in [0.25, 0.3) is 0 Å². The van der Waals surface area contributed by atoms with E-state index in [4.69, 9.17) is 17.0 Å². The number of hydrogen-bond donors (Lipinski definition) is 1. The molecule has 1 heterocycles. The summed E-state index contributed by atoms with van der Waals surface area (Å²) >= 11 is 5.78. The number of thiocarbonyl (C=S) groups is 1. The van der Waals surface area contributed by atoms with Crippen molar-refractivity contribution < 1.29 is 4.74 Å². The van der Waals surface area contributed by atoms with Gasteiger partial charge in [-0.15, -0.1) is 0 Å². The number of ether oxygens (including phenoxy) is 1. The zero-order chi connectivity index (χ0) is 19.8. The summed E-state index contributed by atoms with van der Waals surface area (Å²) in [5, 5.41) is 4.23. The van der Waals surface area contributed by atoms with E-state index >= 15 is 0 Å². The lowest BCUT2D eigenvalue weighted by molar-refractivity contribution is 0.0368. The van der Waals surface area contributed by atoms with Crippen LogP contribution < -0.4 is 5.32 Å². The molecule has 150 valence electrons. The normalized spacial score (nSPS) is 14.6. The molecule has 28 heavy (non-hydrogen) atoms. The third-order valence-corrected chi connectivity index (χ3v) is 5.63. The molecule has 0 aromatic heterocycles. The zero-order valence-corrected chi connectivity index (χ0v) is 17.8. The summed E-state index contributed by atoms with van der Waals surface area (Å²) in [5.74, 6) is 0. The molecular formula is C23H31N3OS. The van der Waals surface area contributed by atoms with Gasteiger partial charge in [-0.1, -0.05) is 36.4 Å². The average Bonchev–Trinajstić information content (AvgIpc) is 2.71. The van der Waals surface area contributed by atoms with Crippen LogP contribution in [0.25, 0.3) is 0 Å². The summed E-state index contributed by atoms with van der Waals surface area (Å²) in [7, 11) is 0. The van der Waals surface area contributed by atoms with Gasteiger partial charge in [-0.25, -0.2) is 0 Å². The molecule has 0 unspecified atom stereocenters. The Kier molecular flexibility index (Phi) is 7.83. The predicted molar refractivity (Wildman–Crippen MR) is 121 cm³/mol. The Morgan fingerprint density at radius 3 is 2.54 bits per heavy atom. The van der Waals surface area contributed by atoms with Crippen molar-refractivity contribution in [2.45, 2.75) is 26.8 Å². The van der Waals surface area contributed by atoms with Gasteiger partial charge in [0.2, 0.25) is 0 Å². The Morgan fingerprint density at radius 1 is 1.07 bits per heavy atom. The summed E-state index contributed by atoms with van der Waals surface area (Å²) in [4.78, 5) is 4.75. The molecule has 3 rings (SSSR count). The lowest BCUT2D eigenvalue weighted by Crippen LogP contribution is -2.40. The highest BCUT2D eigenvalue weighted by molar-refractivity contribution is 7.80. The third kappa shape index (κ3) is 6.30. The Morgan fingerprint density at radius 2 is 1.82 bits per heavy atom. The minimum Gasteiger partial charge on any atom is -0.379 e. The summed E-state index contributed by atoms with van der Waals surface area (Å²) in [6.45, 7) is 10.9. The largest absolute Gasteiger partial charge is 0.379 e. The van der Waals surface area contributed by atoms with Crippen LogP contribution in [0.3, 0.4) is 0 Å². The molecule has 0 saturated carbocycles. The molecule has 0 spiro atoms. The van der Waals surface area contributed by atoms with Crippen LogP contribution in [0.4, 0.5) is 5.69 Å². The third-order valence-electron chi connectivity index (χ3n) is 5.27. The number of nitrogens with one attached hydrogen (secondary N) is 1. The van der Waals surface area contributed by atoms with E-state index in [0.29, 0.717) is 0 Å². The van der Waals surface area contributed by atoms with Crippen molar-refractivity contribution in [3.63, 3.8) is 0 Å². The van der Waals surface area contributed by atoms with Gasteiger partial charge in [-0.3, -0.25) is 4.90 Å². The van der Waals surface area contributed by atoms with Crippen molar-refractivity contribution in [3.05, 3.63) is 65.2 Å². The van der Waals surface area contributed by atoms with E-state index in [9.17, 15) is 0 Å². The first kappa shape index (κ1) is 20.8. The first-order valence-electron chi connectivity index (χ1n) is 10.1. The number of benzene rings is 2. The molecule has 1 aliphatic rings. The standard InChI is InChI=1S/C23H31N3OS/c1-19-9-10-22(17-20(19)2)24-23(28)26(18-21-7-4-3-5-8-21)12-6-11-25-13-15-27-16-14-25/h3-5,7-10,17H,6,11-16,18H2,1-2H3,(H,24,28). The number of anilines is 1. The van der Waals surface area contributed by atoms with Crippen molar-refractivity contribution in [3.8, 4) is 0 Å². The minimum absolute atomic E-state index is 0.786. The Labute approximate surface area is 174 Å². The van der Waals surface area contributed by atoms with Crippen molar-refractivity contribution in [1.82, 2.24) is 9.80 Å². The van der Waals surface area contributed by atoms with E-state index in [0.717, 1.165) is 63.2 Å². The summed E-state index contributed by atoms with van der Waals surface area (Å²) in [6.07, 6.45) is 1.08. The highest BCUT2D eigenvalue weighted by Gasteiger charge is 2.14. The van der Waals surface area contributed by atoms with Crippen LogP contribution in [0.15, 0.2) is 48.5 Å². The fourth-order valence-electron chi connectivity index (χ4n) is 3.39. The topological polar surface area (TPSA) is 27.7 Å². The van der Waals surface area contributed by atoms with Gasteiger partial charge < -0.3 is 15.0 Å². The monoisotopic (exact) mass is 397 g/mol. The van der Waals surface area contributed by atoms with Gasteiger partial charge >= 0.3 is 0 Å². The lowest BCUT2D eigenvalue weighted by atomic mass is 10.1. The maximum Gasteiger partial charge on any atom is 0.173 e. The first-order valence-corrected chi connectivity index (χ1v) is 10.5. The van der Waals surface area contributed by atoms with Crippen LogP contribution >= 0.6 is 12.2 Å². The fraction of sp³-hybridized carbons (Fsp3) is 0.435. The van der Waals surface area contributed by atoms with E-state index in [2.05, 4.69) is 77.5 Å². The molecule has 0 bridgehead atoms. The number of aryl methyl sites for hydroxylation is 2. The zero-order valence-electron chi connectivity index (χ0n) is 17.0. The number of morpholine rings is 1. The van der Waals surface area contributed by atoms with E-state index < -0.39 is 0 Å². The quantitative estimate of drug-likeness (QED) is 0.706. The molecule has 1 saturated heterocycles. The average molecular weight is 398 g/mol. The second-order valence-corrected chi connectivity index (χ2v) is 7.83. The smallest absolute Gasteiger partial charge is 0.173 e. The maximum atomic E-state index is 5.78. The Bertz CT molecular complexity index is 760. The fourth-order valence-corrected chi connectivity index (χ4v) is 3.66. The molecule has 1 fully saturated rings. The van der Waals surface area contributed by atoms with E-state index in [-0.39, 0.29) is 0 Å². The maximum absolute atomic E-state index is 5.78. The minimum atomic E-state index is 0.786. The van der Waals surface area contributed by atoms with Crippen LogP contribution in [-0.2, 0) is 11.3 Å². The molecule has 0 aliphatic carbocycles. The van der Waals surface area contributed by atoms with Gasteiger partial charge in [0.1, 0.15) is 0 Å². The van der Waals surface area contributed by atoms with Gasteiger partial charge in [0.15, 0.2) is 5.11 Å². The van der Waals surface area contributed by atoms with Crippen molar-refractivity contribution in [2.24, 2.45) is 0 Å². The predicted octanol–water partition coefficient (Wildman–Crippen LogP) is 4.22. The molecule has 0 atom stereocenters. The Hall–Kier alpha value is -1.95. The van der Waals surface area contributed by atoms with Crippen LogP contribution in [0.5, 0.6) is 0 Å². The number of rotatable bonds is 7. The summed E-state index contributed by atoms with van der Waals surface area (Å²) in [6, 6.07) is 16.9. The molecule has 4 nitrogen and oxygen atoms in total. The molecule has 5 heteroatoms. The second-order valence-electron chi connectivity index (χ2n) is 7.44. The molecule has 0 radical (unpaired) electrons. The molecule has 2 aromatic rings. The van der Waals surface area contributed by atoms with Gasteiger partial charge in [0.05, 0.1) is 13.2 Å². The van der Waals surface area contributed by atoms with Gasteiger partial charge in [-0.05, 0) is 61.3 Å². The van der Waals surface area contributed by atoms with E-state index in [1.54, 1.807) is 0 Å². The lowest BCUT2D eigenvalue weighted by Gasteiger charge is -2.29. The van der Waals surface area contributed by atoms with Gasteiger partial charge in [0, 0.05) is 38.4 Å². The SMILES string of the molecule is Cc1ccc(NC(=S)N(CCCN2CCOCC2)Cc2ccccc2)cc1C. The van der Waals surface area contributed by atoms with E-state index in [1.807, 2.05) is 0 Å². The summed E-state index contributed by atoms with van der Waals surface area (Å²) < 4.78 is 5.45. The molecular weight excluding hydrogens is 366 g/mol. The van der Waals surface area contributed by atoms with Crippen molar-refractivity contribution in [1.29, 1.82) is 0 Å². The Balaban J connectivity index is 1.61. The highest BCUT2D eigenvalue weighted by atomic mass is 32.1. The summed E-state index contributed by atoms with van der Waals surface area (Å²) in [5.41, 5.74) is 4.90.